The van der Waals surface area contributed by atoms with Gasteiger partial charge in [0, 0.05) is 17.0 Å². The average molecular weight is 249 g/mol. The van der Waals surface area contributed by atoms with Crippen LogP contribution in [0.5, 0.6) is 0 Å². The zero-order chi connectivity index (χ0) is 10.8. The Morgan fingerprint density at radius 1 is 1.53 bits per heavy atom. The van der Waals surface area contributed by atoms with Crippen LogP contribution >= 0.6 is 23.7 Å². The SMILES string of the molecule is Cc1ccc(C(=O)NCC(C)(C)N)s1.Cl. The summed E-state index contributed by atoms with van der Waals surface area (Å²) in [5.41, 5.74) is 5.40. The summed E-state index contributed by atoms with van der Waals surface area (Å²) in [6.07, 6.45) is 0. The quantitative estimate of drug-likeness (QED) is 0.859. The van der Waals surface area contributed by atoms with Gasteiger partial charge in [-0.25, -0.2) is 0 Å². The van der Waals surface area contributed by atoms with Gasteiger partial charge in [0.25, 0.3) is 5.91 Å². The molecular weight excluding hydrogens is 232 g/mol. The first-order valence-corrected chi connectivity index (χ1v) is 5.34. The van der Waals surface area contributed by atoms with Crippen molar-refractivity contribution < 1.29 is 4.79 Å². The molecule has 1 aromatic rings. The lowest BCUT2D eigenvalue weighted by atomic mass is 10.1. The molecule has 0 unspecified atom stereocenters. The molecule has 0 fully saturated rings. The molecule has 0 aromatic carbocycles. The van der Waals surface area contributed by atoms with E-state index in [0.717, 1.165) is 9.75 Å². The van der Waals surface area contributed by atoms with E-state index in [1.54, 1.807) is 0 Å². The highest BCUT2D eigenvalue weighted by molar-refractivity contribution is 7.13. The van der Waals surface area contributed by atoms with Crippen LogP contribution in [-0.4, -0.2) is 18.0 Å². The molecule has 1 amide bonds. The highest BCUT2D eigenvalue weighted by atomic mass is 35.5. The van der Waals surface area contributed by atoms with E-state index in [4.69, 9.17) is 5.73 Å². The Bertz CT molecular complexity index is 330. The maximum Gasteiger partial charge on any atom is 0.261 e. The summed E-state index contributed by atoms with van der Waals surface area (Å²) >= 11 is 1.49. The second-order valence-corrected chi connectivity index (χ2v) is 5.37. The Balaban J connectivity index is 0.00000196. The van der Waals surface area contributed by atoms with Gasteiger partial charge in [-0.3, -0.25) is 4.79 Å². The summed E-state index contributed by atoms with van der Waals surface area (Å²) in [5.74, 6) is -0.0402. The zero-order valence-corrected chi connectivity index (χ0v) is 10.8. The van der Waals surface area contributed by atoms with E-state index >= 15 is 0 Å². The van der Waals surface area contributed by atoms with Crippen LogP contribution < -0.4 is 11.1 Å². The lowest BCUT2D eigenvalue weighted by molar-refractivity contribution is 0.0950. The molecule has 0 saturated carbocycles. The molecule has 15 heavy (non-hydrogen) atoms. The number of halogens is 1. The van der Waals surface area contributed by atoms with E-state index in [9.17, 15) is 4.79 Å². The number of nitrogens with one attached hydrogen (secondary N) is 1. The molecule has 5 heteroatoms. The Morgan fingerprint density at radius 3 is 2.53 bits per heavy atom. The third-order valence-electron chi connectivity index (χ3n) is 1.67. The van der Waals surface area contributed by atoms with Crippen LogP contribution in [0.3, 0.4) is 0 Å². The topological polar surface area (TPSA) is 55.1 Å². The maximum absolute atomic E-state index is 11.5. The lowest BCUT2D eigenvalue weighted by Crippen LogP contribution is -2.44. The summed E-state index contributed by atoms with van der Waals surface area (Å²) in [6.45, 7) is 6.23. The van der Waals surface area contributed by atoms with Crippen molar-refractivity contribution in [2.45, 2.75) is 26.3 Å². The van der Waals surface area contributed by atoms with Crippen molar-refractivity contribution in [1.82, 2.24) is 5.32 Å². The van der Waals surface area contributed by atoms with Gasteiger partial charge in [0.2, 0.25) is 0 Å². The van der Waals surface area contributed by atoms with Crippen molar-refractivity contribution in [1.29, 1.82) is 0 Å². The monoisotopic (exact) mass is 248 g/mol. The van der Waals surface area contributed by atoms with Gasteiger partial charge in [0.15, 0.2) is 0 Å². The molecule has 1 rings (SSSR count). The largest absolute Gasteiger partial charge is 0.350 e. The first kappa shape index (κ1) is 14.4. The molecule has 0 aliphatic carbocycles. The molecule has 0 aliphatic rings. The van der Waals surface area contributed by atoms with Crippen molar-refractivity contribution in [3.63, 3.8) is 0 Å². The van der Waals surface area contributed by atoms with Crippen molar-refractivity contribution in [3.8, 4) is 0 Å². The molecule has 86 valence electrons. The molecule has 3 N–H and O–H groups in total. The summed E-state index contributed by atoms with van der Waals surface area (Å²) in [6, 6.07) is 3.77. The summed E-state index contributed by atoms with van der Waals surface area (Å²) in [7, 11) is 0. The number of aryl methyl sites for hydroxylation is 1. The maximum atomic E-state index is 11.5. The predicted octanol–water partition coefficient (Wildman–Crippen LogP) is 1.95. The number of rotatable bonds is 3. The van der Waals surface area contributed by atoms with E-state index in [1.807, 2.05) is 32.9 Å². The van der Waals surface area contributed by atoms with Crippen LogP contribution in [0.25, 0.3) is 0 Å². The number of carbonyl (C=O) groups is 1. The molecule has 0 aliphatic heterocycles. The Kier molecular flexibility index (Phi) is 5.28. The minimum atomic E-state index is -0.359. The van der Waals surface area contributed by atoms with Crippen LogP contribution in [-0.2, 0) is 0 Å². The normalized spacial score (nSPS) is 10.7. The number of hydrogen-bond acceptors (Lipinski definition) is 3. The van der Waals surface area contributed by atoms with Crippen LogP contribution in [0.2, 0.25) is 0 Å². The molecule has 1 heterocycles. The summed E-state index contributed by atoms with van der Waals surface area (Å²) in [5, 5.41) is 2.80. The van der Waals surface area contributed by atoms with E-state index in [0.29, 0.717) is 6.54 Å². The Labute approximate surface area is 100 Å². The van der Waals surface area contributed by atoms with Gasteiger partial charge < -0.3 is 11.1 Å². The standard InChI is InChI=1S/C10H16N2OS.ClH/c1-7-4-5-8(14-7)9(13)12-6-10(2,3)11;/h4-5H,6,11H2,1-3H3,(H,12,13);1H. The molecule has 0 spiro atoms. The number of thiophene rings is 1. The van der Waals surface area contributed by atoms with Crippen molar-refractivity contribution >= 4 is 29.7 Å². The molecule has 3 nitrogen and oxygen atoms in total. The second kappa shape index (κ2) is 5.49. The van der Waals surface area contributed by atoms with Crippen LogP contribution in [0.4, 0.5) is 0 Å². The van der Waals surface area contributed by atoms with Gasteiger partial charge >= 0.3 is 0 Å². The number of nitrogens with two attached hydrogens (primary N) is 1. The third-order valence-corrected chi connectivity index (χ3v) is 2.67. The molecular formula is C10H17ClN2OS. The van der Waals surface area contributed by atoms with Gasteiger partial charge in [-0.15, -0.1) is 23.7 Å². The number of carbonyl (C=O) groups excluding carboxylic acids is 1. The second-order valence-electron chi connectivity index (χ2n) is 4.08. The minimum Gasteiger partial charge on any atom is -0.350 e. The fourth-order valence-electron chi connectivity index (χ4n) is 0.952. The Hall–Kier alpha value is -0.580. The first-order chi connectivity index (χ1) is 6.38. The van der Waals surface area contributed by atoms with Gasteiger partial charge in [0.1, 0.15) is 0 Å². The highest BCUT2D eigenvalue weighted by Crippen LogP contribution is 2.14. The lowest BCUT2D eigenvalue weighted by Gasteiger charge is -2.18. The van der Waals surface area contributed by atoms with Gasteiger partial charge in [-0.05, 0) is 32.9 Å². The minimum absolute atomic E-state index is 0. The van der Waals surface area contributed by atoms with Crippen LogP contribution in [0.15, 0.2) is 12.1 Å². The third kappa shape index (κ3) is 5.16. The van der Waals surface area contributed by atoms with E-state index < -0.39 is 0 Å². The van der Waals surface area contributed by atoms with Crippen molar-refractivity contribution in [2.75, 3.05) is 6.54 Å². The van der Waals surface area contributed by atoms with Crippen molar-refractivity contribution in [3.05, 3.63) is 21.9 Å². The van der Waals surface area contributed by atoms with E-state index in [2.05, 4.69) is 5.32 Å². The zero-order valence-electron chi connectivity index (χ0n) is 9.16. The molecule has 1 aromatic heterocycles. The fourth-order valence-corrected chi connectivity index (χ4v) is 1.74. The molecule has 0 bridgehead atoms. The molecule has 0 radical (unpaired) electrons. The number of amides is 1. The van der Waals surface area contributed by atoms with Crippen molar-refractivity contribution in [2.24, 2.45) is 5.73 Å². The predicted molar refractivity (Wildman–Crippen MR) is 66.9 cm³/mol. The smallest absolute Gasteiger partial charge is 0.261 e. The van der Waals surface area contributed by atoms with E-state index in [1.165, 1.54) is 11.3 Å². The number of hydrogen-bond donors (Lipinski definition) is 2. The fraction of sp³-hybridized carbons (Fsp3) is 0.500. The van der Waals surface area contributed by atoms with Gasteiger partial charge in [-0.1, -0.05) is 0 Å². The highest BCUT2D eigenvalue weighted by Gasteiger charge is 2.13. The van der Waals surface area contributed by atoms with Gasteiger partial charge in [0.05, 0.1) is 4.88 Å². The van der Waals surface area contributed by atoms with Crippen LogP contribution in [0.1, 0.15) is 28.4 Å². The summed E-state index contributed by atoms with van der Waals surface area (Å²) in [4.78, 5) is 13.4. The Morgan fingerprint density at radius 2 is 2.13 bits per heavy atom. The summed E-state index contributed by atoms with van der Waals surface area (Å²) < 4.78 is 0. The average Bonchev–Trinajstić information content (AvgIpc) is 2.46. The van der Waals surface area contributed by atoms with E-state index in [-0.39, 0.29) is 23.9 Å². The van der Waals surface area contributed by atoms with Gasteiger partial charge in [-0.2, -0.15) is 0 Å². The molecule has 0 saturated heterocycles. The first-order valence-electron chi connectivity index (χ1n) is 4.52. The van der Waals surface area contributed by atoms with Crippen LogP contribution in [0, 0.1) is 6.92 Å². The molecule has 0 atom stereocenters.